The van der Waals surface area contributed by atoms with Crippen molar-refractivity contribution < 1.29 is 27.1 Å². The van der Waals surface area contributed by atoms with Gasteiger partial charge in [-0.2, -0.15) is 0 Å². The molecule has 0 saturated carbocycles. The van der Waals surface area contributed by atoms with Crippen LogP contribution in [0.3, 0.4) is 0 Å². The van der Waals surface area contributed by atoms with Gasteiger partial charge < -0.3 is 14.8 Å². The maximum absolute atomic E-state index is 13.1. The molecule has 0 aliphatic carbocycles. The maximum atomic E-state index is 13.1. The Balaban J connectivity index is 1.71. The monoisotopic (exact) mass is 472 g/mol. The summed E-state index contributed by atoms with van der Waals surface area (Å²) < 4.78 is 51.5. The van der Waals surface area contributed by atoms with Crippen molar-refractivity contribution in [3.63, 3.8) is 0 Å². The van der Waals surface area contributed by atoms with E-state index in [0.29, 0.717) is 30.0 Å². The van der Waals surface area contributed by atoms with Gasteiger partial charge in [0.1, 0.15) is 17.3 Å². The Morgan fingerprint density at radius 1 is 0.970 bits per heavy atom. The molecule has 174 valence electrons. The minimum Gasteiger partial charge on any atom is -0.497 e. The van der Waals surface area contributed by atoms with Crippen LogP contribution in [0.1, 0.15) is 21.5 Å². The van der Waals surface area contributed by atoms with E-state index >= 15 is 0 Å². The molecule has 0 saturated heterocycles. The van der Waals surface area contributed by atoms with Crippen LogP contribution in [-0.4, -0.2) is 35.1 Å². The van der Waals surface area contributed by atoms with Crippen LogP contribution in [0, 0.1) is 12.7 Å². The van der Waals surface area contributed by atoms with E-state index in [4.69, 9.17) is 9.47 Å². The summed E-state index contributed by atoms with van der Waals surface area (Å²) in [6.45, 7) is 2.05. The van der Waals surface area contributed by atoms with Crippen LogP contribution < -0.4 is 19.5 Å². The summed E-state index contributed by atoms with van der Waals surface area (Å²) in [6, 6.07) is 14.7. The second-order valence-corrected chi connectivity index (χ2v) is 8.96. The van der Waals surface area contributed by atoms with E-state index in [-0.39, 0.29) is 22.1 Å². The number of hydrogen-bond acceptors (Lipinski definition) is 5. The van der Waals surface area contributed by atoms with Crippen LogP contribution in [0.15, 0.2) is 65.6 Å². The average molecular weight is 473 g/mol. The Bertz CT molecular complexity index is 1240. The number of hydrogen-bond donors (Lipinski definition) is 2. The smallest absolute Gasteiger partial charge is 0.261 e. The number of halogens is 1. The van der Waals surface area contributed by atoms with Crippen molar-refractivity contribution in [2.75, 3.05) is 25.5 Å². The molecule has 3 aromatic rings. The standard InChI is InChI=1S/C24H25FN2O5S/c1-16-4-11-21(33(29,30)27-19-8-6-18(25)7-9-19)15-22(16)24(28)26-13-12-17-5-10-20(31-2)14-23(17)32-3/h4-11,14-15,27H,12-13H2,1-3H3,(H,26,28). The van der Waals surface area contributed by atoms with Gasteiger partial charge in [-0.15, -0.1) is 0 Å². The Hall–Kier alpha value is -3.59. The summed E-state index contributed by atoms with van der Waals surface area (Å²) in [5.41, 5.74) is 2.00. The van der Waals surface area contributed by atoms with Gasteiger partial charge in [0.15, 0.2) is 0 Å². The number of sulfonamides is 1. The molecule has 3 aromatic carbocycles. The number of aryl methyl sites for hydroxylation is 1. The lowest BCUT2D eigenvalue weighted by Gasteiger charge is -2.13. The lowest BCUT2D eigenvalue weighted by molar-refractivity contribution is 0.0953. The highest BCUT2D eigenvalue weighted by Gasteiger charge is 2.18. The zero-order valence-electron chi connectivity index (χ0n) is 18.5. The molecule has 9 heteroatoms. The van der Waals surface area contributed by atoms with E-state index in [9.17, 15) is 17.6 Å². The highest BCUT2D eigenvalue weighted by Crippen LogP contribution is 2.25. The number of rotatable bonds is 9. The van der Waals surface area contributed by atoms with Crippen molar-refractivity contribution in [2.45, 2.75) is 18.2 Å². The second kappa shape index (κ2) is 10.4. The lowest BCUT2D eigenvalue weighted by atomic mass is 10.1. The lowest BCUT2D eigenvalue weighted by Crippen LogP contribution is -2.27. The normalized spacial score (nSPS) is 11.0. The predicted octanol–water partition coefficient (Wildman–Crippen LogP) is 3.92. The number of nitrogens with one attached hydrogen (secondary N) is 2. The molecule has 0 spiro atoms. The van der Waals surface area contributed by atoms with Gasteiger partial charge in [0.25, 0.3) is 15.9 Å². The number of carbonyl (C=O) groups is 1. The van der Waals surface area contributed by atoms with E-state index in [2.05, 4.69) is 10.0 Å². The Kier molecular flexibility index (Phi) is 7.55. The SMILES string of the molecule is COc1ccc(CCNC(=O)c2cc(S(=O)(=O)Nc3ccc(F)cc3)ccc2C)c(OC)c1. The molecule has 0 atom stereocenters. The summed E-state index contributed by atoms with van der Waals surface area (Å²) in [4.78, 5) is 12.7. The third-order valence-corrected chi connectivity index (χ3v) is 6.41. The quantitative estimate of drug-likeness (QED) is 0.492. The number of anilines is 1. The van der Waals surface area contributed by atoms with E-state index < -0.39 is 15.8 Å². The number of ether oxygens (including phenoxy) is 2. The molecule has 0 aliphatic rings. The van der Waals surface area contributed by atoms with Gasteiger partial charge in [0.2, 0.25) is 0 Å². The minimum atomic E-state index is -3.96. The fourth-order valence-electron chi connectivity index (χ4n) is 3.21. The molecule has 0 heterocycles. The molecule has 0 aliphatic heterocycles. The summed E-state index contributed by atoms with van der Waals surface area (Å²) in [5.74, 6) is 0.459. The molecular formula is C24H25FN2O5S. The first kappa shape index (κ1) is 24.1. The molecule has 3 rings (SSSR count). The molecule has 7 nitrogen and oxygen atoms in total. The first-order valence-corrected chi connectivity index (χ1v) is 11.6. The van der Waals surface area contributed by atoms with Crippen molar-refractivity contribution >= 4 is 21.6 Å². The molecule has 1 amide bonds. The van der Waals surface area contributed by atoms with E-state index in [1.54, 1.807) is 33.3 Å². The van der Waals surface area contributed by atoms with Crippen molar-refractivity contribution in [2.24, 2.45) is 0 Å². The zero-order valence-corrected chi connectivity index (χ0v) is 19.3. The fraction of sp³-hybridized carbons (Fsp3) is 0.208. The van der Waals surface area contributed by atoms with E-state index in [0.717, 1.165) is 17.7 Å². The average Bonchev–Trinajstić information content (AvgIpc) is 2.80. The molecule has 0 aromatic heterocycles. The van der Waals surface area contributed by atoms with E-state index in [1.165, 1.54) is 24.3 Å². The molecule has 0 bridgehead atoms. The van der Waals surface area contributed by atoms with Crippen molar-refractivity contribution in [1.29, 1.82) is 0 Å². The highest BCUT2D eigenvalue weighted by atomic mass is 32.2. The number of amides is 1. The second-order valence-electron chi connectivity index (χ2n) is 7.27. The third-order valence-electron chi connectivity index (χ3n) is 5.03. The summed E-state index contributed by atoms with van der Waals surface area (Å²) in [7, 11) is -0.827. The molecule has 0 fully saturated rings. The molecule has 2 N–H and O–H groups in total. The van der Waals surface area contributed by atoms with Gasteiger partial charge in [-0.25, -0.2) is 12.8 Å². The van der Waals surface area contributed by atoms with Gasteiger partial charge in [-0.3, -0.25) is 9.52 Å². The van der Waals surface area contributed by atoms with Gasteiger partial charge in [0, 0.05) is 23.9 Å². The summed E-state index contributed by atoms with van der Waals surface area (Å²) >= 11 is 0. The van der Waals surface area contributed by atoms with Crippen LogP contribution >= 0.6 is 0 Å². The minimum absolute atomic E-state index is 0.0700. The first-order chi connectivity index (χ1) is 15.7. The van der Waals surface area contributed by atoms with Crippen LogP contribution in [-0.2, 0) is 16.4 Å². The zero-order chi connectivity index (χ0) is 24.0. The topological polar surface area (TPSA) is 93.7 Å². The largest absolute Gasteiger partial charge is 0.497 e. The van der Waals surface area contributed by atoms with Crippen LogP contribution in [0.25, 0.3) is 0 Å². The molecular weight excluding hydrogens is 447 g/mol. The molecule has 33 heavy (non-hydrogen) atoms. The Morgan fingerprint density at radius 2 is 1.70 bits per heavy atom. The Morgan fingerprint density at radius 3 is 2.36 bits per heavy atom. The number of benzene rings is 3. The van der Waals surface area contributed by atoms with Gasteiger partial charge in [-0.05, 0) is 66.9 Å². The van der Waals surface area contributed by atoms with Crippen molar-refractivity contribution in [1.82, 2.24) is 5.32 Å². The van der Waals surface area contributed by atoms with Crippen molar-refractivity contribution in [3.05, 3.63) is 83.2 Å². The van der Waals surface area contributed by atoms with Gasteiger partial charge in [-0.1, -0.05) is 12.1 Å². The fourth-order valence-corrected chi connectivity index (χ4v) is 4.29. The molecule has 0 radical (unpaired) electrons. The number of carbonyl (C=O) groups excluding carboxylic acids is 1. The third kappa shape index (κ3) is 6.01. The maximum Gasteiger partial charge on any atom is 0.261 e. The van der Waals surface area contributed by atoms with Gasteiger partial charge >= 0.3 is 0 Å². The highest BCUT2D eigenvalue weighted by molar-refractivity contribution is 7.92. The van der Waals surface area contributed by atoms with Crippen LogP contribution in [0.2, 0.25) is 0 Å². The van der Waals surface area contributed by atoms with Crippen LogP contribution in [0.5, 0.6) is 11.5 Å². The van der Waals surface area contributed by atoms with Crippen molar-refractivity contribution in [3.8, 4) is 11.5 Å². The Labute approximate surface area is 192 Å². The van der Waals surface area contributed by atoms with Crippen LogP contribution in [0.4, 0.5) is 10.1 Å². The summed E-state index contributed by atoms with van der Waals surface area (Å²) in [6.07, 6.45) is 0.516. The van der Waals surface area contributed by atoms with E-state index in [1.807, 2.05) is 12.1 Å². The first-order valence-electron chi connectivity index (χ1n) is 10.1. The molecule has 0 unspecified atom stereocenters. The predicted molar refractivity (Wildman–Crippen MR) is 124 cm³/mol. The number of methoxy groups -OCH3 is 2. The summed E-state index contributed by atoms with van der Waals surface area (Å²) in [5, 5.41) is 2.82. The van der Waals surface area contributed by atoms with Gasteiger partial charge in [0.05, 0.1) is 19.1 Å².